The molecular weight excluding hydrogens is 278 g/mol. The fourth-order valence-corrected chi connectivity index (χ4v) is 2.50. The molecule has 0 fully saturated rings. The minimum Gasteiger partial charge on any atom is -0.497 e. The minimum absolute atomic E-state index is 0.315. The normalized spacial score (nSPS) is 10.6. The largest absolute Gasteiger partial charge is 0.497 e. The maximum absolute atomic E-state index is 11.4. The summed E-state index contributed by atoms with van der Waals surface area (Å²) >= 11 is 0. The molecule has 0 atom stereocenters. The highest BCUT2D eigenvalue weighted by molar-refractivity contribution is 5.89. The van der Waals surface area contributed by atoms with Crippen LogP contribution in [0.25, 0.3) is 10.9 Å². The van der Waals surface area contributed by atoms with Gasteiger partial charge < -0.3 is 14.0 Å². The average Bonchev–Trinajstić information content (AvgIpc) is 2.97. The van der Waals surface area contributed by atoms with Crippen LogP contribution in [0.5, 0.6) is 5.75 Å². The van der Waals surface area contributed by atoms with Crippen molar-refractivity contribution < 1.29 is 14.3 Å². The zero-order chi connectivity index (χ0) is 15.5. The van der Waals surface area contributed by atoms with Crippen LogP contribution in [-0.4, -0.2) is 24.8 Å². The Balaban J connectivity index is 1.85. The van der Waals surface area contributed by atoms with Gasteiger partial charge in [0.05, 0.1) is 19.8 Å². The van der Waals surface area contributed by atoms with Gasteiger partial charge in [0, 0.05) is 23.6 Å². The van der Waals surface area contributed by atoms with Crippen LogP contribution in [0.1, 0.15) is 15.9 Å². The van der Waals surface area contributed by atoms with E-state index in [9.17, 15) is 4.79 Å². The van der Waals surface area contributed by atoms with Crippen molar-refractivity contribution in [2.45, 2.75) is 6.54 Å². The van der Waals surface area contributed by atoms with Gasteiger partial charge >= 0.3 is 5.97 Å². The predicted molar refractivity (Wildman–Crippen MR) is 85.4 cm³/mol. The van der Waals surface area contributed by atoms with Crippen LogP contribution in [0, 0.1) is 0 Å². The van der Waals surface area contributed by atoms with Crippen LogP contribution in [-0.2, 0) is 11.3 Å². The van der Waals surface area contributed by atoms with Crippen molar-refractivity contribution in [2.24, 2.45) is 0 Å². The number of rotatable bonds is 4. The van der Waals surface area contributed by atoms with Gasteiger partial charge in [0.25, 0.3) is 0 Å². The van der Waals surface area contributed by atoms with E-state index in [1.54, 1.807) is 19.2 Å². The molecule has 0 spiro atoms. The molecule has 4 heteroatoms. The summed E-state index contributed by atoms with van der Waals surface area (Å²) < 4.78 is 12.1. The Morgan fingerprint density at radius 3 is 2.50 bits per heavy atom. The van der Waals surface area contributed by atoms with E-state index in [0.717, 1.165) is 28.8 Å². The third-order valence-corrected chi connectivity index (χ3v) is 3.71. The van der Waals surface area contributed by atoms with Crippen LogP contribution in [0.4, 0.5) is 0 Å². The predicted octanol–water partition coefficient (Wildman–Crippen LogP) is 3.48. The average molecular weight is 295 g/mol. The molecule has 0 saturated carbocycles. The van der Waals surface area contributed by atoms with Crippen molar-refractivity contribution >= 4 is 16.9 Å². The summed E-state index contributed by atoms with van der Waals surface area (Å²) in [6, 6.07) is 15.6. The molecule has 1 aromatic heterocycles. The molecule has 2 aromatic carbocycles. The Hall–Kier alpha value is -2.75. The molecule has 0 unspecified atom stereocenters. The van der Waals surface area contributed by atoms with Crippen LogP contribution in [0.2, 0.25) is 0 Å². The number of methoxy groups -OCH3 is 2. The lowest BCUT2D eigenvalue weighted by molar-refractivity contribution is 0.0600. The molecular formula is C18H17NO3. The smallest absolute Gasteiger partial charge is 0.337 e. The standard InChI is InChI=1S/C18H17NO3/c1-21-16-7-8-17-15(11-16)9-10-19(17)12-13-3-5-14(6-4-13)18(20)22-2/h3-11H,12H2,1-2H3. The zero-order valence-electron chi connectivity index (χ0n) is 12.6. The van der Waals surface area contributed by atoms with Gasteiger partial charge in [-0.1, -0.05) is 12.1 Å². The third kappa shape index (κ3) is 2.68. The third-order valence-electron chi connectivity index (χ3n) is 3.71. The highest BCUT2D eigenvalue weighted by atomic mass is 16.5. The molecule has 3 rings (SSSR count). The molecule has 0 N–H and O–H groups in total. The summed E-state index contributed by atoms with van der Waals surface area (Å²) in [5, 5.41) is 1.14. The number of fused-ring (bicyclic) bond motifs is 1. The Morgan fingerprint density at radius 1 is 1.05 bits per heavy atom. The van der Waals surface area contributed by atoms with E-state index in [1.807, 2.05) is 24.3 Å². The molecule has 0 amide bonds. The topological polar surface area (TPSA) is 40.5 Å². The lowest BCUT2D eigenvalue weighted by atomic mass is 10.1. The second-order valence-corrected chi connectivity index (χ2v) is 5.06. The molecule has 4 nitrogen and oxygen atoms in total. The number of carbonyl (C=O) groups is 1. The fraction of sp³-hybridized carbons (Fsp3) is 0.167. The van der Waals surface area contributed by atoms with Crippen LogP contribution < -0.4 is 4.74 Å². The van der Waals surface area contributed by atoms with Crippen molar-refractivity contribution in [2.75, 3.05) is 14.2 Å². The first-order valence-corrected chi connectivity index (χ1v) is 7.01. The monoisotopic (exact) mass is 295 g/mol. The Bertz CT molecular complexity index is 803. The fourth-order valence-electron chi connectivity index (χ4n) is 2.50. The second-order valence-electron chi connectivity index (χ2n) is 5.06. The second kappa shape index (κ2) is 5.93. The summed E-state index contributed by atoms with van der Waals surface area (Å²) in [6.07, 6.45) is 2.05. The van der Waals surface area contributed by atoms with Gasteiger partial charge in [-0.25, -0.2) is 4.79 Å². The van der Waals surface area contributed by atoms with E-state index in [4.69, 9.17) is 9.47 Å². The molecule has 0 aliphatic rings. The van der Waals surface area contributed by atoms with E-state index in [1.165, 1.54) is 7.11 Å². The number of benzene rings is 2. The first kappa shape index (κ1) is 14.2. The van der Waals surface area contributed by atoms with Gasteiger partial charge in [0.15, 0.2) is 0 Å². The molecule has 0 saturated heterocycles. The molecule has 3 aromatic rings. The highest BCUT2D eigenvalue weighted by Crippen LogP contribution is 2.22. The van der Waals surface area contributed by atoms with Crippen molar-refractivity contribution in [1.82, 2.24) is 4.57 Å². The molecule has 0 bridgehead atoms. The SMILES string of the molecule is COC(=O)c1ccc(Cn2ccc3cc(OC)ccc32)cc1. The van der Waals surface area contributed by atoms with Gasteiger partial charge in [0.2, 0.25) is 0 Å². The number of ether oxygens (including phenoxy) is 2. The Kier molecular flexibility index (Phi) is 3.83. The first-order valence-electron chi connectivity index (χ1n) is 7.01. The first-order chi connectivity index (χ1) is 10.7. The zero-order valence-corrected chi connectivity index (χ0v) is 12.6. The molecule has 1 heterocycles. The summed E-state index contributed by atoms with van der Waals surface area (Å²) in [6.45, 7) is 0.747. The van der Waals surface area contributed by atoms with Crippen LogP contribution in [0.3, 0.4) is 0 Å². The molecule has 22 heavy (non-hydrogen) atoms. The van der Waals surface area contributed by atoms with Gasteiger partial charge in [-0.15, -0.1) is 0 Å². The van der Waals surface area contributed by atoms with Crippen LogP contribution in [0.15, 0.2) is 54.7 Å². The van der Waals surface area contributed by atoms with E-state index in [-0.39, 0.29) is 5.97 Å². The lowest BCUT2D eigenvalue weighted by Gasteiger charge is -2.07. The molecule has 0 radical (unpaired) electrons. The summed E-state index contributed by atoms with van der Waals surface area (Å²) in [4.78, 5) is 11.4. The molecule has 0 aliphatic carbocycles. The maximum atomic E-state index is 11.4. The summed E-state index contributed by atoms with van der Waals surface area (Å²) in [5.74, 6) is 0.540. The van der Waals surface area contributed by atoms with Crippen molar-refractivity contribution in [3.63, 3.8) is 0 Å². The van der Waals surface area contributed by atoms with Gasteiger partial charge in [-0.3, -0.25) is 0 Å². The van der Waals surface area contributed by atoms with E-state index in [0.29, 0.717) is 5.56 Å². The Morgan fingerprint density at radius 2 is 1.82 bits per heavy atom. The minimum atomic E-state index is -0.315. The van der Waals surface area contributed by atoms with Crippen molar-refractivity contribution in [3.8, 4) is 5.75 Å². The molecule has 112 valence electrons. The summed E-state index contributed by atoms with van der Waals surface area (Å²) in [5.41, 5.74) is 2.84. The van der Waals surface area contributed by atoms with Gasteiger partial charge in [0.1, 0.15) is 5.75 Å². The maximum Gasteiger partial charge on any atom is 0.337 e. The number of nitrogens with zero attached hydrogens (tertiary/aromatic N) is 1. The Labute approximate surface area is 128 Å². The number of esters is 1. The van der Waals surface area contributed by atoms with E-state index < -0.39 is 0 Å². The quantitative estimate of drug-likeness (QED) is 0.692. The van der Waals surface area contributed by atoms with Crippen LogP contribution >= 0.6 is 0 Å². The van der Waals surface area contributed by atoms with Crippen molar-refractivity contribution in [1.29, 1.82) is 0 Å². The summed E-state index contributed by atoms with van der Waals surface area (Å²) in [7, 11) is 3.05. The molecule has 0 aliphatic heterocycles. The van der Waals surface area contributed by atoms with E-state index in [2.05, 4.69) is 22.9 Å². The van der Waals surface area contributed by atoms with E-state index >= 15 is 0 Å². The number of aromatic nitrogens is 1. The highest BCUT2D eigenvalue weighted by Gasteiger charge is 2.06. The number of hydrogen-bond acceptors (Lipinski definition) is 3. The van der Waals surface area contributed by atoms with Gasteiger partial charge in [-0.05, 0) is 42.0 Å². The van der Waals surface area contributed by atoms with Gasteiger partial charge in [-0.2, -0.15) is 0 Å². The number of hydrogen-bond donors (Lipinski definition) is 0. The van der Waals surface area contributed by atoms with Crippen molar-refractivity contribution in [3.05, 3.63) is 65.9 Å². The number of carbonyl (C=O) groups excluding carboxylic acids is 1. The lowest BCUT2D eigenvalue weighted by Crippen LogP contribution is -2.02.